The van der Waals surface area contributed by atoms with Crippen molar-refractivity contribution in [1.82, 2.24) is 0 Å². The highest BCUT2D eigenvalue weighted by Crippen LogP contribution is 2.27. The van der Waals surface area contributed by atoms with E-state index in [2.05, 4.69) is 153 Å². The second-order valence-corrected chi connectivity index (χ2v) is 9.13. The second-order valence-electron chi connectivity index (χ2n) is 9.13. The molecule has 0 radical (unpaired) electrons. The van der Waals surface area contributed by atoms with Gasteiger partial charge in [0.05, 0.1) is 0 Å². The molecule has 0 bridgehead atoms. The van der Waals surface area contributed by atoms with E-state index in [4.69, 9.17) is 0 Å². The Labute approximate surface area is 220 Å². The van der Waals surface area contributed by atoms with Gasteiger partial charge in [-0.1, -0.05) is 157 Å². The highest BCUT2D eigenvalue weighted by molar-refractivity contribution is 5.74. The summed E-state index contributed by atoms with van der Waals surface area (Å²) >= 11 is 0. The molecule has 0 spiro atoms. The van der Waals surface area contributed by atoms with Gasteiger partial charge in [0.15, 0.2) is 0 Å². The SMILES string of the molecule is Cc1ccc(-c2cccc(-c3ccccc3)c2)cc1.c1ccc(-c2cccc(-c3ccccc3)c2)cc1. The lowest BCUT2D eigenvalue weighted by atomic mass is 9.99. The van der Waals surface area contributed by atoms with Crippen LogP contribution in [0.4, 0.5) is 0 Å². The van der Waals surface area contributed by atoms with Gasteiger partial charge in [-0.2, -0.15) is 0 Å². The topological polar surface area (TPSA) is 0 Å². The molecule has 0 fully saturated rings. The van der Waals surface area contributed by atoms with Crippen LogP contribution in [0.3, 0.4) is 0 Å². The van der Waals surface area contributed by atoms with Crippen LogP contribution in [0.2, 0.25) is 0 Å². The van der Waals surface area contributed by atoms with Gasteiger partial charge < -0.3 is 0 Å². The monoisotopic (exact) mass is 474 g/mol. The average molecular weight is 475 g/mol. The van der Waals surface area contributed by atoms with Crippen LogP contribution < -0.4 is 0 Å². The molecule has 6 aromatic carbocycles. The van der Waals surface area contributed by atoms with Crippen LogP contribution >= 0.6 is 0 Å². The fraction of sp³-hybridized carbons (Fsp3) is 0.0270. The number of rotatable bonds is 4. The van der Waals surface area contributed by atoms with Crippen LogP contribution in [0.25, 0.3) is 44.5 Å². The van der Waals surface area contributed by atoms with Crippen molar-refractivity contribution in [2.45, 2.75) is 6.92 Å². The Kier molecular flexibility index (Phi) is 7.69. The van der Waals surface area contributed by atoms with Crippen LogP contribution in [0, 0.1) is 6.92 Å². The van der Waals surface area contributed by atoms with Crippen molar-refractivity contribution in [2.24, 2.45) is 0 Å². The lowest BCUT2D eigenvalue weighted by Crippen LogP contribution is -1.81. The lowest BCUT2D eigenvalue weighted by Gasteiger charge is -2.06. The zero-order valence-electron chi connectivity index (χ0n) is 21.1. The summed E-state index contributed by atoms with van der Waals surface area (Å²) in [5, 5.41) is 0. The maximum Gasteiger partial charge on any atom is -0.0178 e. The molecule has 37 heavy (non-hydrogen) atoms. The first-order valence-electron chi connectivity index (χ1n) is 12.7. The van der Waals surface area contributed by atoms with Crippen LogP contribution in [0.1, 0.15) is 5.56 Å². The van der Waals surface area contributed by atoms with E-state index in [1.54, 1.807) is 0 Å². The first kappa shape index (κ1) is 24.0. The Hall–Kier alpha value is -4.68. The molecule has 6 rings (SSSR count). The third-order valence-corrected chi connectivity index (χ3v) is 6.43. The molecule has 0 heterocycles. The highest BCUT2D eigenvalue weighted by atomic mass is 14.1. The van der Waals surface area contributed by atoms with Crippen molar-refractivity contribution in [2.75, 3.05) is 0 Å². The largest absolute Gasteiger partial charge is 0.0622 e. The van der Waals surface area contributed by atoms with Gasteiger partial charge in [-0.25, -0.2) is 0 Å². The van der Waals surface area contributed by atoms with Gasteiger partial charge in [-0.3, -0.25) is 0 Å². The van der Waals surface area contributed by atoms with E-state index in [1.807, 2.05) is 18.2 Å². The standard InChI is InChI=1S/C19H16.C18H14/c1-15-10-12-17(13-11-15)19-9-5-8-18(14-19)16-6-3-2-4-7-16;1-3-8-15(9-4-1)17-12-7-13-18(14-17)16-10-5-2-6-11-16/h2-14H,1H3;1-14H. The van der Waals surface area contributed by atoms with E-state index in [0.29, 0.717) is 0 Å². The molecular weight excluding hydrogens is 444 g/mol. The molecule has 0 atom stereocenters. The second kappa shape index (κ2) is 11.8. The molecule has 0 N–H and O–H groups in total. The third-order valence-electron chi connectivity index (χ3n) is 6.43. The molecule has 0 aromatic heterocycles. The molecule has 0 nitrogen and oxygen atoms in total. The van der Waals surface area contributed by atoms with Gasteiger partial charge in [0, 0.05) is 0 Å². The van der Waals surface area contributed by atoms with E-state index in [9.17, 15) is 0 Å². The fourth-order valence-corrected chi connectivity index (χ4v) is 4.39. The minimum atomic E-state index is 1.26. The van der Waals surface area contributed by atoms with Crippen molar-refractivity contribution in [3.8, 4) is 44.5 Å². The summed E-state index contributed by atoms with van der Waals surface area (Å²) in [6, 6.07) is 57.5. The van der Waals surface area contributed by atoms with Gasteiger partial charge in [0.2, 0.25) is 0 Å². The van der Waals surface area contributed by atoms with Crippen LogP contribution in [0.15, 0.2) is 164 Å². The maximum absolute atomic E-state index is 2.25. The van der Waals surface area contributed by atoms with E-state index in [-0.39, 0.29) is 0 Å². The van der Waals surface area contributed by atoms with Crippen molar-refractivity contribution in [1.29, 1.82) is 0 Å². The molecule has 0 heteroatoms. The zero-order chi connectivity index (χ0) is 25.3. The Morgan fingerprint density at radius 2 is 0.514 bits per heavy atom. The first-order valence-corrected chi connectivity index (χ1v) is 12.7. The first-order chi connectivity index (χ1) is 18.3. The van der Waals surface area contributed by atoms with Gasteiger partial charge in [0.25, 0.3) is 0 Å². The summed E-state index contributed by atoms with van der Waals surface area (Å²) in [5.74, 6) is 0. The minimum Gasteiger partial charge on any atom is -0.0622 e. The Morgan fingerprint density at radius 1 is 0.243 bits per heavy atom. The predicted octanol–water partition coefficient (Wildman–Crippen LogP) is 10.3. The molecule has 0 aliphatic carbocycles. The molecule has 6 aromatic rings. The van der Waals surface area contributed by atoms with E-state index >= 15 is 0 Å². The average Bonchev–Trinajstić information content (AvgIpc) is 2.99. The Morgan fingerprint density at radius 3 is 0.838 bits per heavy atom. The maximum atomic E-state index is 2.25. The minimum absolute atomic E-state index is 1.26. The van der Waals surface area contributed by atoms with E-state index < -0.39 is 0 Å². The summed E-state index contributed by atoms with van der Waals surface area (Å²) < 4.78 is 0. The molecule has 0 aliphatic heterocycles. The lowest BCUT2D eigenvalue weighted by molar-refractivity contribution is 1.47. The number of hydrogen-bond acceptors (Lipinski definition) is 0. The van der Waals surface area contributed by atoms with Crippen LogP contribution in [-0.4, -0.2) is 0 Å². The Bertz CT molecular complexity index is 1480. The highest BCUT2D eigenvalue weighted by Gasteiger charge is 2.02. The quantitative estimate of drug-likeness (QED) is 0.238. The third kappa shape index (κ3) is 6.31. The van der Waals surface area contributed by atoms with E-state index in [1.165, 1.54) is 50.1 Å². The van der Waals surface area contributed by atoms with Crippen LogP contribution in [0.5, 0.6) is 0 Å². The number of hydrogen-bond donors (Lipinski definition) is 0. The van der Waals surface area contributed by atoms with Gasteiger partial charge in [-0.15, -0.1) is 0 Å². The van der Waals surface area contributed by atoms with Crippen molar-refractivity contribution in [3.05, 3.63) is 169 Å². The summed E-state index contributed by atoms with van der Waals surface area (Å²) in [6.07, 6.45) is 0. The zero-order valence-corrected chi connectivity index (χ0v) is 21.1. The summed E-state index contributed by atoms with van der Waals surface area (Å²) in [4.78, 5) is 0. The summed E-state index contributed by atoms with van der Waals surface area (Å²) in [7, 11) is 0. The molecule has 0 saturated heterocycles. The Balaban J connectivity index is 0.000000152. The summed E-state index contributed by atoms with van der Waals surface area (Å²) in [5.41, 5.74) is 11.4. The van der Waals surface area contributed by atoms with E-state index in [0.717, 1.165) is 0 Å². The van der Waals surface area contributed by atoms with Crippen LogP contribution in [-0.2, 0) is 0 Å². The fourth-order valence-electron chi connectivity index (χ4n) is 4.39. The van der Waals surface area contributed by atoms with Crippen molar-refractivity contribution < 1.29 is 0 Å². The predicted molar refractivity (Wildman–Crippen MR) is 159 cm³/mol. The number of benzene rings is 6. The number of aryl methyl sites for hydroxylation is 1. The molecular formula is C37H30. The van der Waals surface area contributed by atoms with Gasteiger partial charge >= 0.3 is 0 Å². The smallest absolute Gasteiger partial charge is 0.0178 e. The van der Waals surface area contributed by atoms with Gasteiger partial charge in [0.1, 0.15) is 0 Å². The molecule has 0 amide bonds. The molecule has 0 aliphatic rings. The normalized spacial score (nSPS) is 10.3. The van der Waals surface area contributed by atoms with Crippen molar-refractivity contribution >= 4 is 0 Å². The summed E-state index contributed by atoms with van der Waals surface area (Å²) in [6.45, 7) is 2.12. The molecule has 178 valence electrons. The van der Waals surface area contributed by atoms with Crippen molar-refractivity contribution in [3.63, 3.8) is 0 Å². The molecule has 0 unspecified atom stereocenters. The molecule has 0 saturated carbocycles. The van der Waals surface area contributed by atoms with Gasteiger partial charge in [-0.05, 0) is 63.6 Å².